The van der Waals surface area contributed by atoms with Crippen molar-refractivity contribution in [2.45, 2.75) is 6.54 Å². The standard InChI is InChI=1S/C11H9Cl2F2N3/c1-18-9(13)4-16-10(18)5-17-11-7(12)2-6(14)3-8(11)15/h2-4,17H,5H2,1H3. The molecule has 18 heavy (non-hydrogen) atoms. The highest BCUT2D eigenvalue weighted by Gasteiger charge is 2.11. The SMILES string of the molecule is Cn1c(Cl)cnc1CNc1c(F)cc(F)cc1Cl. The minimum Gasteiger partial charge on any atom is -0.374 e. The molecule has 0 fully saturated rings. The Morgan fingerprint density at radius 1 is 1.33 bits per heavy atom. The topological polar surface area (TPSA) is 29.9 Å². The Labute approximate surface area is 112 Å². The first-order valence-electron chi connectivity index (χ1n) is 5.03. The third-order valence-corrected chi connectivity index (χ3v) is 3.11. The fourth-order valence-electron chi connectivity index (χ4n) is 1.47. The molecule has 1 aromatic carbocycles. The van der Waals surface area contributed by atoms with Crippen molar-refractivity contribution >= 4 is 28.9 Å². The lowest BCUT2D eigenvalue weighted by Gasteiger charge is -2.09. The fourth-order valence-corrected chi connectivity index (χ4v) is 1.87. The number of aromatic nitrogens is 2. The molecule has 2 rings (SSSR count). The number of benzene rings is 1. The highest BCUT2D eigenvalue weighted by atomic mass is 35.5. The summed E-state index contributed by atoms with van der Waals surface area (Å²) in [7, 11) is 1.73. The van der Waals surface area contributed by atoms with Crippen molar-refractivity contribution in [3.05, 3.63) is 46.0 Å². The molecule has 0 aliphatic heterocycles. The van der Waals surface area contributed by atoms with Gasteiger partial charge in [0.1, 0.15) is 16.8 Å². The largest absolute Gasteiger partial charge is 0.374 e. The first-order valence-corrected chi connectivity index (χ1v) is 5.79. The number of hydrogen-bond donors (Lipinski definition) is 1. The van der Waals surface area contributed by atoms with Gasteiger partial charge in [0.2, 0.25) is 0 Å². The molecule has 96 valence electrons. The molecule has 0 bridgehead atoms. The molecular formula is C11H9Cl2F2N3. The predicted molar refractivity (Wildman–Crippen MR) is 66.9 cm³/mol. The van der Waals surface area contributed by atoms with Crippen LogP contribution in [0.3, 0.4) is 0 Å². The summed E-state index contributed by atoms with van der Waals surface area (Å²) in [6.45, 7) is 0.228. The number of anilines is 1. The summed E-state index contributed by atoms with van der Waals surface area (Å²) in [6, 6.07) is 1.80. The van der Waals surface area contributed by atoms with E-state index in [0.717, 1.165) is 12.1 Å². The monoisotopic (exact) mass is 291 g/mol. The van der Waals surface area contributed by atoms with E-state index in [1.54, 1.807) is 11.6 Å². The number of rotatable bonds is 3. The third-order valence-electron chi connectivity index (χ3n) is 2.46. The van der Waals surface area contributed by atoms with Crippen molar-refractivity contribution in [2.24, 2.45) is 7.05 Å². The molecule has 0 saturated carbocycles. The smallest absolute Gasteiger partial charge is 0.150 e. The first-order chi connectivity index (χ1) is 8.49. The molecule has 0 aliphatic carbocycles. The van der Waals surface area contributed by atoms with E-state index >= 15 is 0 Å². The zero-order chi connectivity index (χ0) is 13.3. The molecule has 1 heterocycles. The summed E-state index contributed by atoms with van der Waals surface area (Å²) in [5.41, 5.74) is 0.0391. The number of nitrogens with zero attached hydrogens (tertiary/aromatic N) is 2. The Balaban J connectivity index is 2.18. The van der Waals surface area contributed by atoms with E-state index in [2.05, 4.69) is 10.3 Å². The van der Waals surface area contributed by atoms with E-state index in [0.29, 0.717) is 11.0 Å². The van der Waals surface area contributed by atoms with Crippen LogP contribution in [0, 0.1) is 11.6 Å². The number of hydrogen-bond acceptors (Lipinski definition) is 2. The summed E-state index contributed by atoms with van der Waals surface area (Å²) in [6.07, 6.45) is 1.49. The Kier molecular flexibility index (Phi) is 3.73. The molecule has 0 unspecified atom stereocenters. The van der Waals surface area contributed by atoms with Crippen molar-refractivity contribution in [3.63, 3.8) is 0 Å². The normalized spacial score (nSPS) is 10.7. The van der Waals surface area contributed by atoms with E-state index in [-0.39, 0.29) is 17.3 Å². The summed E-state index contributed by atoms with van der Waals surface area (Å²) >= 11 is 11.6. The number of halogens is 4. The molecule has 7 heteroatoms. The van der Waals surface area contributed by atoms with Crippen LogP contribution in [0.25, 0.3) is 0 Å². The average molecular weight is 292 g/mol. The van der Waals surface area contributed by atoms with Gasteiger partial charge in [-0.15, -0.1) is 0 Å². The van der Waals surface area contributed by atoms with Crippen molar-refractivity contribution in [1.82, 2.24) is 9.55 Å². The second-order valence-corrected chi connectivity index (χ2v) is 4.45. The average Bonchev–Trinajstić information content (AvgIpc) is 2.59. The van der Waals surface area contributed by atoms with Crippen LogP contribution >= 0.6 is 23.2 Å². The second-order valence-electron chi connectivity index (χ2n) is 3.65. The molecule has 0 spiro atoms. The van der Waals surface area contributed by atoms with Gasteiger partial charge >= 0.3 is 0 Å². The van der Waals surface area contributed by atoms with Crippen molar-refractivity contribution in [2.75, 3.05) is 5.32 Å². The molecule has 2 aromatic rings. The minimum absolute atomic E-state index is 0.0205. The van der Waals surface area contributed by atoms with Gasteiger partial charge in [-0.3, -0.25) is 0 Å². The zero-order valence-electron chi connectivity index (χ0n) is 9.35. The molecule has 0 atom stereocenters. The highest BCUT2D eigenvalue weighted by molar-refractivity contribution is 6.33. The van der Waals surface area contributed by atoms with E-state index < -0.39 is 11.6 Å². The lowest BCUT2D eigenvalue weighted by molar-refractivity contribution is 0.585. The second kappa shape index (κ2) is 5.12. The molecular weight excluding hydrogens is 283 g/mol. The first kappa shape index (κ1) is 13.1. The molecule has 1 aromatic heterocycles. The predicted octanol–water partition coefficient (Wildman–Crippen LogP) is 3.62. The quantitative estimate of drug-likeness (QED) is 0.936. The van der Waals surface area contributed by atoms with Gasteiger partial charge in [0.05, 0.1) is 23.5 Å². The van der Waals surface area contributed by atoms with Crippen molar-refractivity contribution in [3.8, 4) is 0 Å². The summed E-state index contributed by atoms with van der Waals surface area (Å²) in [5, 5.41) is 3.21. The van der Waals surface area contributed by atoms with Gasteiger partial charge in [0, 0.05) is 13.1 Å². The maximum absolute atomic E-state index is 13.5. The minimum atomic E-state index is -0.750. The zero-order valence-corrected chi connectivity index (χ0v) is 10.9. The van der Waals surface area contributed by atoms with Crippen LogP contribution in [0.15, 0.2) is 18.3 Å². The van der Waals surface area contributed by atoms with Gasteiger partial charge in [-0.2, -0.15) is 0 Å². The van der Waals surface area contributed by atoms with Crippen LogP contribution in [0.2, 0.25) is 10.2 Å². The third kappa shape index (κ3) is 2.57. The van der Waals surface area contributed by atoms with Gasteiger partial charge in [0.25, 0.3) is 0 Å². The molecule has 0 amide bonds. The maximum atomic E-state index is 13.5. The molecule has 0 aliphatic rings. The summed E-state index contributed by atoms with van der Waals surface area (Å²) < 4.78 is 28.0. The van der Waals surface area contributed by atoms with Crippen molar-refractivity contribution < 1.29 is 8.78 Å². The Hall–Kier alpha value is -1.33. The Morgan fingerprint density at radius 3 is 2.61 bits per heavy atom. The lowest BCUT2D eigenvalue weighted by Crippen LogP contribution is -2.07. The van der Waals surface area contributed by atoms with Crippen LogP contribution in [0.4, 0.5) is 14.5 Å². The van der Waals surface area contributed by atoms with Gasteiger partial charge in [-0.1, -0.05) is 23.2 Å². The van der Waals surface area contributed by atoms with Gasteiger partial charge in [-0.05, 0) is 6.07 Å². The van der Waals surface area contributed by atoms with Gasteiger partial charge in [0.15, 0.2) is 5.82 Å². The van der Waals surface area contributed by atoms with E-state index in [4.69, 9.17) is 23.2 Å². The molecule has 0 radical (unpaired) electrons. The Morgan fingerprint density at radius 2 is 2.06 bits per heavy atom. The van der Waals surface area contributed by atoms with E-state index in [9.17, 15) is 8.78 Å². The van der Waals surface area contributed by atoms with Crippen LogP contribution < -0.4 is 5.32 Å². The van der Waals surface area contributed by atoms with Crippen LogP contribution in [0.1, 0.15) is 5.82 Å². The molecule has 0 saturated heterocycles. The van der Waals surface area contributed by atoms with Gasteiger partial charge < -0.3 is 9.88 Å². The Bertz CT molecular complexity index is 561. The summed E-state index contributed by atoms with van der Waals surface area (Å²) in [4.78, 5) is 4.04. The number of imidazole rings is 1. The molecule has 3 nitrogen and oxygen atoms in total. The van der Waals surface area contributed by atoms with Crippen LogP contribution in [-0.2, 0) is 13.6 Å². The van der Waals surface area contributed by atoms with E-state index in [1.165, 1.54) is 6.20 Å². The van der Waals surface area contributed by atoms with E-state index in [1.807, 2.05) is 0 Å². The maximum Gasteiger partial charge on any atom is 0.150 e. The lowest BCUT2D eigenvalue weighted by atomic mass is 10.3. The van der Waals surface area contributed by atoms with Crippen molar-refractivity contribution in [1.29, 1.82) is 0 Å². The fraction of sp³-hybridized carbons (Fsp3) is 0.182. The van der Waals surface area contributed by atoms with Crippen LogP contribution in [-0.4, -0.2) is 9.55 Å². The summed E-state index contributed by atoms with van der Waals surface area (Å²) in [5.74, 6) is -0.858. The van der Waals surface area contributed by atoms with Crippen LogP contribution in [0.5, 0.6) is 0 Å². The highest BCUT2D eigenvalue weighted by Crippen LogP contribution is 2.26. The van der Waals surface area contributed by atoms with Gasteiger partial charge in [-0.25, -0.2) is 13.8 Å². The molecule has 1 N–H and O–H groups in total. The number of nitrogens with one attached hydrogen (secondary N) is 1.